The summed E-state index contributed by atoms with van der Waals surface area (Å²) in [5.74, 6) is -1.65. The summed E-state index contributed by atoms with van der Waals surface area (Å²) in [6, 6.07) is 14.8. The van der Waals surface area contributed by atoms with Crippen LogP contribution in [0, 0.1) is 18.6 Å². The van der Waals surface area contributed by atoms with E-state index in [1.807, 2.05) is 6.07 Å². The molecule has 148 valence electrons. The van der Waals surface area contributed by atoms with E-state index in [4.69, 9.17) is 0 Å². The fraction of sp³-hybridized carbons (Fsp3) is 0.0909. The topological polar surface area (TPSA) is 14.2 Å². The highest BCUT2D eigenvalue weighted by molar-refractivity contribution is 5.87. The van der Waals surface area contributed by atoms with Gasteiger partial charge in [0.05, 0.1) is 5.52 Å². The Bertz CT molecular complexity index is 1190. The van der Waals surface area contributed by atoms with E-state index in [0.29, 0.717) is 11.1 Å². The third-order valence-corrected chi connectivity index (χ3v) is 4.61. The molecule has 1 aromatic heterocycles. The van der Waals surface area contributed by atoms with Gasteiger partial charge in [0.15, 0.2) is 0 Å². The smallest absolute Gasteiger partial charge is 0.406 e. The highest BCUT2D eigenvalue weighted by Crippen LogP contribution is 2.33. The van der Waals surface area contributed by atoms with Crippen LogP contribution in [0.3, 0.4) is 0 Å². The SMILES string of the molecule is Cc1cc(OC(F)(F)F)ccc1-c1ccc2c(ccn2-c2c(F)cccc2F)c1. The third-order valence-electron chi connectivity index (χ3n) is 4.61. The van der Waals surface area contributed by atoms with Crippen LogP contribution in [-0.2, 0) is 0 Å². The van der Waals surface area contributed by atoms with E-state index in [-0.39, 0.29) is 11.4 Å². The average Bonchev–Trinajstić information content (AvgIpc) is 3.03. The summed E-state index contributed by atoms with van der Waals surface area (Å²) < 4.78 is 70.8. The van der Waals surface area contributed by atoms with Crippen molar-refractivity contribution in [3.8, 4) is 22.6 Å². The van der Waals surface area contributed by atoms with Gasteiger partial charge in [0.25, 0.3) is 0 Å². The lowest BCUT2D eigenvalue weighted by molar-refractivity contribution is -0.274. The third kappa shape index (κ3) is 3.68. The Morgan fingerprint density at radius 1 is 0.862 bits per heavy atom. The van der Waals surface area contributed by atoms with Gasteiger partial charge < -0.3 is 9.30 Å². The number of halogens is 5. The minimum absolute atomic E-state index is 0.167. The first-order chi connectivity index (χ1) is 13.7. The van der Waals surface area contributed by atoms with Crippen molar-refractivity contribution in [3.63, 3.8) is 0 Å². The molecular weight excluding hydrogens is 389 g/mol. The van der Waals surface area contributed by atoms with Gasteiger partial charge in [-0.2, -0.15) is 0 Å². The van der Waals surface area contributed by atoms with Crippen molar-refractivity contribution in [2.24, 2.45) is 0 Å². The molecule has 0 unspecified atom stereocenters. The molecule has 0 radical (unpaired) electrons. The fourth-order valence-corrected chi connectivity index (χ4v) is 3.38. The molecule has 0 saturated carbocycles. The van der Waals surface area contributed by atoms with Crippen molar-refractivity contribution in [3.05, 3.63) is 84.1 Å². The predicted molar refractivity (Wildman–Crippen MR) is 100 cm³/mol. The number of hydrogen-bond donors (Lipinski definition) is 0. The van der Waals surface area contributed by atoms with E-state index in [0.717, 1.165) is 16.5 Å². The van der Waals surface area contributed by atoms with E-state index in [1.54, 1.807) is 37.4 Å². The Kier molecular flexibility index (Phi) is 4.53. The lowest BCUT2D eigenvalue weighted by Crippen LogP contribution is -2.17. The van der Waals surface area contributed by atoms with E-state index in [1.165, 1.54) is 34.9 Å². The number of aromatic nitrogens is 1. The number of benzene rings is 3. The Balaban J connectivity index is 1.75. The lowest BCUT2D eigenvalue weighted by atomic mass is 9.99. The largest absolute Gasteiger partial charge is 0.573 e. The molecule has 1 heterocycles. The van der Waals surface area contributed by atoms with Gasteiger partial charge in [-0.15, -0.1) is 13.2 Å². The molecule has 0 aliphatic rings. The molecule has 0 atom stereocenters. The van der Waals surface area contributed by atoms with Gasteiger partial charge >= 0.3 is 6.36 Å². The summed E-state index contributed by atoms with van der Waals surface area (Å²) in [5.41, 5.74) is 2.53. The predicted octanol–water partition coefficient (Wildman–Crippen LogP) is 6.78. The Morgan fingerprint density at radius 2 is 1.59 bits per heavy atom. The average molecular weight is 403 g/mol. The summed E-state index contributed by atoms with van der Waals surface area (Å²) in [4.78, 5) is 0. The van der Waals surface area contributed by atoms with Crippen molar-refractivity contribution < 1.29 is 26.7 Å². The number of fused-ring (bicyclic) bond motifs is 1. The van der Waals surface area contributed by atoms with E-state index in [9.17, 15) is 22.0 Å². The molecule has 3 aromatic carbocycles. The second-order valence-electron chi connectivity index (χ2n) is 6.55. The summed E-state index contributed by atoms with van der Waals surface area (Å²) >= 11 is 0. The second kappa shape index (κ2) is 6.92. The first-order valence-electron chi connectivity index (χ1n) is 8.65. The van der Waals surface area contributed by atoms with Gasteiger partial charge in [-0.1, -0.05) is 18.2 Å². The van der Waals surface area contributed by atoms with Crippen LogP contribution in [0.5, 0.6) is 5.75 Å². The zero-order chi connectivity index (χ0) is 20.8. The number of ether oxygens (including phenoxy) is 1. The highest BCUT2D eigenvalue weighted by atomic mass is 19.4. The molecule has 0 saturated heterocycles. The van der Waals surface area contributed by atoms with Crippen LogP contribution in [0.15, 0.2) is 66.9 Å². The molecule has 2 nitrogen and oxygen atoms in total. The molecule has 0 aliphatic carbocycles. The van der Waals surface area contributed by atoms with Crippen molar-refractivity contribution >= 4 is 10.9 Å². The van der Waals surface area contributed by atoms with Gasteiger partial charge in [0.1, 0.15) is 23.1 Å². The molecule has 0 aliphatic heterocycles. The molecule has 0 amide bonds. The number of alkyl halides is 3. The van der Waals surface area contributed by atoms with Gasteiger partial charge in [-0.25, -0.2) is 8.78 Å². The molecule has 4 aromatic rings. The summed E-state index contributed by atoms with van der Waals surface area (Å²) in [6.07, 6.45) is -3.18. The van der Waals surface area contributed by atoms with Crippen molar-refractivity contribution in [1.29, 1.82) is 0 Å². The van der Waals surface area contributed by atoms with Gasteiger partial charge in [0, 0.05) is 11.6 Å². The minimum atomic E-state index is -4.75. The molecule has 7 heteroatoms. The van der Waals surface area contributed by atoms with Crippen LogP contribution in [0.4, 0.5) is 22.0 Å². The van der Waals surface area contributed by atoms with E-state index >= 15 is 0 Å². The number of para-hydroxylation sites is 1. The number of hydrogen-bond acceptors (Lipinski definition) is 1. The van der Waals surface area contributed by atoms with Crippen molar-refractivity contribution in [2.45, 2.75) is 13.3 Å². The van der Waals surface area contributed by atoms with Crippen molar-refractivity contribution in [1.82, 2.24) is 4.57 Å². The maximum atomic E-state index is 14.1. The van der Waals surface area contributed by atoms with Gasteiger partial charge in [-0.3, -0.25) is 0 Å². The van der Waals surface area contributed by atoms with Crippen LogP contribution in [-0.4, -0.2) is 10.9 Å². The molecule has 0 N–H and O–H groups in total. The number of rotatable bonds is 3. The quantitative estimate of drug-likeness (QED) is 0.344. The summed E-state index contributed by atoms with van der Waals surface area (Å²) in [6.45, 7) is 1.68. The van der Waals surface area contributed by atoms with Crippen LogP contribution in [0.1, 0.15) is 5.56 Å². The van der Waals surface area contributed by atoms with Crippen LogP contribution in [0.25, 0.3) is 27.7 Å². The number of aryl methyl sites for hydroxylation is 1. The zero-order valence-corrected chi connectivity index (χ0v) is 15.1. The highest BCUT2D eigenvalue weighted by Gasteiger charge is 2.31. The monoisotopic (exact) mass is 403 g/mol. The maximum Gasteiger partial charge on any atom is 0.573 e. The normalized spacial score (nSPS) is 11.8. The second-order valence-corrected chi connectivity index (χ2v) is 6.55. The molecule has 29 heavy (non-hydrogen) atoms. The first kappa shape index (κ1) is 19.0. The molecule has 0 bridgehead atoms. The van der Waals surface area contributed by atoms with Crippen LogP contribution in [0.2, 0.25) is 0 Å². The summed E-state index contributed by atoms with van der Waals surface area (Å²) in [5, 5.41) is 0.736. The molecular formula is C22H14F5NO. The Morgan fingerprint density at radius 3 is 2.24 bits per heavy atom. The van der Waals surface area contributed by atoms with E-state index < -0.39 is 18.0 Å². The maximum absolute atomic E-state index is 14.1. The fourth-order valence-electron chi connectivity index (χ4n) is 3.38. The Hall–Kier alpha value is -3.35. The standard InChI is InChI=1S/C22H14F5NO/c1-13-11-16(29-22(25,26)27)6-7-17(13)14-5-8-20-15(12-14)9-10-28(20)21-18(23)3-2-4-19(21)24/h2-12H,1H3. The molecule has 0 spiro atoms. The lowest BCUT2D eigenvalue weighted by Gasteiger charge is -2.12. The summed E-state index contributed by atoms with van der Waals surface area (Å²) in [7, 11) is 0. The van der Waals surface area contributed by atoms with Crippen LogP contribution >= 0.6 is 0 Å². The van der Waals surface area contributed by atoms with Gasteiger partial charge in [-0.05, 0) is 66.1 Å². The Labute approximate surface area is 162 Å². The number of nitrogens with zero attached hydrogens (tertiary/aromatic N) is 1. The zero-order valence-electron chi connectivity index (χ0n) is 15.1. The minimum Gasteiger partial charge on any atom is -0.406 e. The van der Waals surface area contributed by atoms with E-state index in [2.05, 4.69) is 4.74 Å². The van der Waals surface area contributed by atoms with Gasteiger partial charge in [0.2, 0.25) is 0 Å². The van der Waals surface area contributed by atoms with Crippen LogP contribution < -0.4 is 4.74 Å². The van der Waals surface area contributed by atoms with Crippen molar-refractivity contribution in [2.75, 3.05) is 0 Å². The molecule has 4 rings (SSSR count). The first-order valence-corrected chi connectivity index (χ1v) is 8.65. The molecule has 0 fully saturated rings.